The SMILES string of the molecule is COCOc1ccc(C(O)[C@H]2CCC[C@H]2c2ccc(OCOC)cc2OCOC)cc1. The van der Waals surface area contributed by atoms with Crippen LogP contribution in [0.4, 0.5) is 0 Å². The second kappa shape index (κ2) is 11.9. The van der Waals surface area contributed by atoms with Crippen molar-refractivity contribution in [3.05, 3.63) is 53.6 Å². The first-order valence-corrected chi connectivity index (χ1v) is 10.4. The zero-order valence-corrected chi connectivity index (χ0v) is 18.4. The number of methoxy groups -OCH3 is 3. The van der Waals surface area contributed by atoms with Crippen molar-refractivity contribution in [3.63, 3.8) is 0 Å². The molecule has 0 heterocycles. The van der Waals surface area contributed by atoms with E-state index in [-0.39, 0.29) is 32.2 Å². The summed E-state index contributed by atoms with van der Waals surface area (Å²) in [7, 11) is 4.75. The van der Waals surface area contributed by atoms with Gasteiger partial charge in [0.2, 0.25) is 0 Å². The topological polar surface area (TPSA) is 75.6 Å². The van der Waals surface area contributed by atoms with E-state index < -0.39 is 6.10 Å². The highest BCUT2D eigenvalue weighted by atomic mass is 16.7. The first kappa shape index (κ1) is 23.3. The lowest BCUT2D eigenvalue weighted by molar-refractivity contribution is 0.0447. The van der Waals surface area contributed by atoms with Crippen molar-refractivity contribution in [2.24, 2.45) is 5.92 Å². The van der Waals surface area contributed by atoms with Gasteiger partial charge < -0.3 is 33.5 Å². The molecule has 1 N–H and O–H groups in total. The summed E-state index contributed by atoms with van der Waals surface area (Å²) in [6.07, 6.45) is 2.40. The van der Waals surface area contributed by atoms with Crippen molar-refractivity contribution in [3.8, 4) is 17.2 Å². The minimum Gasteiger partial charge on any atom is -0.468 e. The molecule has 1 aliphatic rings. The molecule has 2 aromatic carbocycles. The molecule has 1 saturated carbocycles. The Balaban J connectivity index is 1.79. The number of benzene rings is 2. The van der Waals surface area contributed by atoms with Gasteiger partial charge in [0, 0.05) is 27.4 Å². The van der Waals surface area contributed by atoms with Crippen molar-refractivity contribution in [2.45, 2.75) is 31.3 Å². The van der Waals surface area contributed by atoms with Crippen LogP contribution in [0, 0.1) is 5.92 Å². The predicted molar refractivity (Wildman–Crippen MR) is 115 cm³/mol. The second-order valence-corrected chi connectivity index (χ2v) is 7.57. The van der Waals surface area contributed by atoms with E-state index in [1.807, 2.05) is 42.5 Å². The van der Waals surface area contributed by atoms with Gasteiger partial charge in [-0.05, 0) is 54.0 Å². The van der Waals surface area contributed by atoms with Gasteiger partial charge in [-0.3, -0.25) is 0 Å². The molecule has 0 saturated heterocycles. The molecular weight excluding hydrogens is 400 g/mol. The summed E-state index contributed by atoms with van der Waals surface area (Å²) in [5.74, 6) is 2.34. The number of ether oxygens (including phenoxy) is 6. The van der Waals surface area contributed by atoms with Crippen LogP contribution >= 0.6 is 0 Å². The van der Waals surface area contributed by atoms with Gasteiger partial charge in [-0.15, -0.1) is 0 Å². The molecule has 0 aromatic heterocycles. The molecule has 2 aromatic rings. The summed E-state index contributed by atoms with van der Waals surface area (Å²) in [5.41, 5.74) is 1.93. The molecule has 0 spiro atoms. The zero-order valence-electron chi connectivity index (χ0n) is 18.4. The fourth-order valence-electron chi connectivity index (χ4n) is 4.17. The molecule has 3 rings (SSSR count). The van der Waals surface area contributed by atoms with Gasteiger partial charge in [0.15, 0.2) is 20.4 Å². The average molecular weight is 433 g/mol. The molecule has 31 heavy (non-hydrogen) atoms. The number of rotatable bonds is 12. The smallest absolute Gasteiger partial charge is 0.188 e. The first-order valence-electron chi connectivity index (χ1n) is 10.4. The van der Waals surface area contributed by atoms with Gasteiger partial charge in [-0.1, -0.05) is 24.6 Å². The van der Waals surface area contributed by atoms with Crippen molar-refractivity contribution >= 4 is 0 Å². The summed E-state index contributed by atoms with van der Waals surface area (Å²) in [6.45, 7) is 0.502. The van der Waals surface area contributed by atoms with Gasteiger partial charge >= 0.3 is 0 Å². The standard InChI is InChI=1S/C24H32O7/c1-26-14-29-18-9-7-17(8-10-18)24(25)22-6-4-5-20(22)21-12-11-19(30-15-27-2)13-23(21)31-16-28-3/h7-13,20,22,24-25H,4-6,14-16H2,1-3H3/t20-,22-,24?/m0/s1. The Labute approximate surface area is 183 Å². The maximum atomic E-state index is 11.2. The van der Waals surface area contributed by atoms with Crippen LogP contribution < -0.4 is 14.2 Å². The third kappa shape index (κ3) is 6.11. The number of aliphatic hydroxyl groups is 1. The van der Waals surface area contributed by atoms with E-state index in [9.17, 15) is 5.11 Å². The Morgan fingerprint density at radius 1 is 0.806 bits per heavy atom. The monoisotopic (exact) mass is 432 g/mol. The van der Waals surface area contributed by atoms with Crippen LogP contribution in [-0.4, -0.2) is 46.8 Å². The third-order valence-corrected chi connectivity index (χ3v) is 5.60. The molecular formula is C24H32O7. The van der Waals surface area contributed by atoms with Crippen LogP contribution in [-0.2, 0) is 14.2 Å². The fraction of sp³-hybridized carbons (Fsp3) is 0.500. The highest BCUT2D eigenvalue weighted by Gasteiger charge is 2.36. The van der Waals surface area contributed by atoms with Crippen molar-refractivity contribution in [1.82, 2.24) is 0 Å². The van der Waals surface area contributed by atoms with Crippen LogP contribution in [0.5, 0.6) is 17.2 Å². The summed E-state index contributed by atoms with van der Waals surface area (Å²) in [6, 6.07) is 13.3. The average Bonchev–Trinajstić information content (AvgIpc) is 3.29. The minimum absolute atomic E-state index is 0.0846. The van der Waals surface area contributed by atoms with Crippen molar-refractivity contribution < 1.29 is 33.5 Å². The molecule has 1 fully saturated rings. The minimum atomic E-state index is -0.580. The Bertz CT molecular complexity index is 793. The summed E-state index contributed by atoms with van der Waals surface area (Å²) in [4.78, 5) is 0. The third-order valence-electron chi connectivity index (χ3n) is 5.60. The first-order chi connectivity index (χ1) is 15.2. The van der Waals surface area contributed by atoms with Crippen LogP contribution in [0.25, 0.3) is 0 Å². The van der Waals surface area contributed by atoms with Crippen molar-refractivity contribution in [2.75, 3.05) is 41.7 Å². The van der Waals surface area contributed by atoms with Gasteiger partial charge in [0.1, 0.15) is 17.2 Å². The molecule has 1 aliphatic carbocycles. The number of hydrogen-bond donors (Lipinski definition) is 1. The molecule has 1 unspecified atom stereocenters. The summed E-state index contributed by atoms with van der Waals surface area (Å²) < 4.78 is 31.9. The largest absolute Gasteiger partial charge is 0.468 e. The Morgan fingerprint density at radius 2 is 1.42 bits per heavy atom. The maximum Gasteiger partial charge on any atom is 0.188 e. The highest BCUT2D eigenvalue weighted by Crippen LogP contribution is 2.49. The Morgan fingerprint density at radius 3 is 2.10 bits per heavy atom. The lowest BCUT2D eigenvalue weighted by Gasteiger charge is -2.27. The molecule has 0 aliphatic heterocycles. The maximum absolute atomic E-state index is 11.2. The Kier molecular flexibility index (Phi) is 8.97. The van der Waals surface area contributed by atoms with E-state index in [0.717, 1.165) is 30.4 Å². The zero-order chi connectivity index (χ0) is 22.1. The number of aliphatic hydroxyl groups excluding tert-OH is 1. The fourth-order valence-corrected chi connectivity index (χ4v) is 4.17. The predicted octanol–water partition coefficient (Wildman–Crippen LogP) is 4.25. The highest BCUT2D eigenvalue weighted by molar-refractivity contribution is 5.44. The van der Waals surface area contributed by atoms with Gasteiger partial charge in [-0.2, -0.15) is 0 Å². The molecule has 7 heteroatoms. The number of hydrogen-bond acceptors (Lipinski definition) is 7. The summed E-state index contributed by atoms with van der Waals surface area (Å²) in [5, 5.41) is 11.2. The van der Waals surface area contributed by atoms with Crippen LogP contribution in [0.15, 0.2) is 42.5 Å². The molecule has 7 nitrogen and oxygen atoms in total. The lowest BCUT2D eigenvalue weighted by atomic mass is 9.82. The van der Waals surface area contributed by atoms with E-state index in [1.54, 1.807) is 21.3 Å². The van der Waals surface area contributed by atoms with Crippen LogP contribution in [0.2, 0.25) is 0 Å². The van der Waals surface area contributed by atoms with Gasteiger partial charge in [-0.25, -0.2) is 0 Å². The second-order valence-electron chi connectivity index (χ2n) is 7.57. The quantitative estimate of drug-likeness (QED) is 0.503. The van der Waals surface area contributed by atoms with Gasteiger partial charge in [0.25, 0.3) is 0 Å². The lowest BCUT2D eigenvalue weighted by Crippen LogP contribution is -2.17. The van der Waals surface area contributed by atoms with E-state index in [4.69, 9.17) is 28.4 Å². The normalized spacial score (nSPS) is 19.2. The van der Waals surface area contributed by atoms with Crippen molar-refractivity contribution in [1.29, 1.82) is 0 Å². The Hall–Kier alpha value is -2.32. The van der Waals surface area contributed by atoms with E-state index in [1.165, 1.54) is 0 Å². The summed E-state index contributed by atoms with van der Waals surface area (Å²) >= 11 is 0. The van der Waals surface area contributed by atoms with Gasteiger partial charge in [0.05, 0.1) is 6.10 Å². The van der Waals surface area contributed by atoms with Crippen LogP contribution in [0.3, 0.4) is 0 Å². The molecule has 3 atom stereocenters. The molecule has 0 bridgehead atoms. The van der Waals surface area contributed by atoms with Crippen LogP contribution in [0.1, 0.15) is 42.4 Å². The van der Waals surface area contributed by atoms with E-state index in [0.29, 0.717) is 17.2 Å². The van der Waals surface area contributed by atoms with E-state index in [2.05, 4.69) is 0 Å². The molecule has 0 radical (unpaired) electrons. The van der Waals surface area contributed by atoms with E-state index >= 15 is 0 Å². The molecule has 170 valence electrons. The molecule has 0 amide bonds.